The standard InChI is InChI=1S/C15H20N4O.C2HF3O2/c1-10-11(2)19(9-17-10)13-7-5-12(6-8-13)18-14(20)15(3,4)16;3-2(4,5)1(6)7/h5-9H,16H2,1-4H3,(H,18,20);(H,6,7). The Bertz CT molecular complexity index is 806. The molecule has 1 aromatic carbocycles. The van der Waals surface area contributed by atoms with Crippen LogP contribution in [0.15, 0.2) is 30.6 Å². The van der Waals surface area contributed by atoms with Gasteiger partial charge in [0.05, 0.1) is 17.6 Å². The third kappa shape index (κ3) is 6.41. The molecule has 0 aliphatic heterocycles. The Morgan fingerprint density at radius 2 is 1.63 bits per heavy atom. The van der Waals surface area contributed by atoms with Crippen LogP contribution in [0.25, 0.3) is 5.69 Å². The maximum Gasteiger partial charge on any atom is 0.490 e. The van der Waals surface area contributed by atoms with E-state index in [0.29, 0.717) is 0 Å². The zero-order valence-corrected chi connectivity index (χ0v) is 15.3. The summed E-state index contributed by atoms with van der Waals surface area (Å²) in [6.45, 7) is 7.35. The maximum atomic E-state index is 11.8. The van der Waals surface area contributed by atoms with Gasteiger partial charge < -0.3 is 20.7 Å². The van der Waals surface area contributed by atoms with Crippen LogP contribution >= 0.6 is 0 Å². The minimum Gasteiger partial charge on any atom is -0.475 e. The first kappa shape index (κ1) is 22.2. The maximum absolute atomic E-state index is 11.8. The number of imidazole rings is 1. The van der Waals surface area contributed by atoms with Crippen molar-refractivity contribution in [1.29, 1.82) is 0 Å². The summed E-state index contributed by atoms with van der Waals surface area (Å²) in [4.78, 5) is 25.0. The molecule has 27 heavy (non-hydrogen) atoms. The van der Waals surface area contributed by atoms with Gasteiger partial charge in [-0.15, -0.1) is 0 Å². The Balaban J connectivity index is 0.000000445. The zero-order chi connectivity index (χ0) is 21.0. The second-order valence-electron chi connectivity index (χ2n) is 6.31. The topological polar surface area (TPSA) is 110 Å². The third-order valence-corrected chi connectivity index (χ3v) is 3.48. The fraction of sp³-hybridized carbons (Fsp3) is 0.353. The average molecular weight is 386 g/mol. The number of halogens is 3. The highest BCUT2D eigenvalue weighted by molar-refractivity contribution is 5.97. The van der Waals surface area contributed by atoms with E-state index in [1.165, 1.54) is 0 Å². The molecule has 148 valence electrons. The van der Waals surface area contributed by atoms with E-state index in [0.717, 1.165) is 22.8 Å². The molecule has 1 aromatic heterocycles. The minimum atomic E-state index is -5.08. The van der Waals surface area contributed by atoms with Crippen molar-refractivity contribution in [1.82, 2.24) is 9.55 Å². The molecule has 0 unspecified atom stereocenters. The number of carbonyl (C=O) groups is 2. The van der Waals surface area contributed by atoms with E-state index in [-0.39, 0.29) is 5.91 Å². The highest BCUT2D eigenvalue weighted by Gasteiger charge is 2.38. The molecule has 7 nitrogen and oxygen atoms in total. The van der Waals surface area contributed by atoms with Crippen LogP contribution in [-0.4, -0.2) is 38.2 Å². The van der Waals surface area contributed by atoms with Crippen LogP contribution in [0, 0.1) is 13.8 Å². The number of aromatic nitrogens is 2. The molecule has 4 N–H and O–H groups in total. The molecule has 0 radical (unpaired) electrons. The lowest BCUT2D eigenvalue weighted by atomic mass is 10.1. The van der Waals surface area contributed by atoms with Gasteiger partial charge in [-0.05, 0) is 52.0 Å². The van der Waals surface area contributed by atoms with Gasteiger partial charge >= 0.3 is 12.1 Å². The van der Waals surface area contributed by atoms with Gasteiger partial charge in [-0.3, -0.25) is 4.79 Å². The Labute approximate surface area is 154 Å². The van der Waals surface area contributed by atoms with Gasteiger partial charge in [-0.2, -0.15) is 13.2 Å². The van der Waals surface area contributed by atoms with E-state index in [2.05, 4.69) is 10.3 Å². The number of nitrogens with two attached hydrogens (primary N) is 1. The van der Waals surface area contributed by atoms with Crippen LogP contribution in [0.1, 0.15) is 25.2 Å². The number of anilines is 1. The molecule has 2 rings (SSSR count). The van der Waals surface area contributed by atoms with Crippen molar-refractivity contribution >= 4 is 17.6 Å². The molecule has 2 aromatic rings. The molecule has 0 saturated heterocycles. The van der Waals surface area contributed by atoms with Crippen LogP contribution in [-0.2, 0) is 9.59 Å². The number of nitrogens with one attached hydrogen (secondary N) is 1. The number of rotatable bonds is 3. The van der Waals surface area contributed by atoms with Crippen LogP contribution in [0.3, 0.4) is 0 Å². The number of amides is 1. The highest BCUT2D eigenvalue weighted by atomic mass is 19.4. The number of aryl methyl sites for hydroxylation is 1. The number of nitrogens with zero attached hydrogens (tertiary/aromatic N) is 2. The van der Waals surface area contributed by atoms with Crippen LogP contribution in [0.4, 0.5) is 18.9 Å². The predicted octanol–water partition coefficient (Wildman–Crippen LogP) is 2.80. The highest BCUT2D eigenvalue weighted by Crippen LogP contribution is 2.17. The van der Waals surface area contributed by atoms with Crippen molar-refractivity contribution in [2.75, 3.05) is 5.32 Å². The largest absolute Gasteiger partial charge is 0.490 e. The molecular weight excluding hydrogens is 365 g/mol. The third-order valence-electron chi connectivity index (χ3n) is 3.48. The number of alkyl halides is 3. The van der Waals surface area contributed by atoms with Crippen LogP contribution < -0.4 is 11.1 Å². The zero-order valence-electron chi connectivity index (χ0n) is 15.3. The lowest BCUT2D eigenvalue weighted by Gasteiger charge is -2.18. The number of carboxylic acids is 1. The van der Waals surface area contributed by atoms with Crippen molar-refractivity contribution in [3.8, 4) is 5.69 Å². The fourth-order valence-electron chi connectivity index (χ4n) is 1.76. The summed E-state index contributed by atoms with van der Waals surface area (Å²) in [5, 5.41) is 9.92. The number of carbonyl (C=O) groups excluding carboxylic acids is 1. The molecule has 1 heterocycles. The summed E-state index contributed by atoms with van der Waals surface area (Å²) in [7, 11) is 0. The van der Waals surface area contributed by atoms with E-state index < -0.39 is 17.7 Å². The predicted molar refractivity (Wildman–Crippen MR) is 93.6 cm³/mol. The van der Waals surface area contributed by atoms with E-state index in [4.69, 9.17) is 15.6 Å². The first-order chi connectivity index (χ1) is 12.2. The molecule has 0 atom stereocenters. The van der Waals surface area contributed by atoms with Gasteiger partial charge in [0.1, 0.15) is 0 Å². The summed E-state index contributed by atoms with van der Waals surface area (Å²) in [6.07, 6.45) is -3.29. The van der Waals surface area contributed by atoms with Gasteiger partial charge in [0.15, 0.2) is 0 Å². The van der Waals surface area contributed by atoms with Crippen molar-refractivity contribution in [2.45, 2.75) is 39.4 Å². The summed E-state index contributed by atoms with van der Waals surface area (Å²) in [5.41, 5.74) is 8.70. The lowest BCUT2D eigenvalue weighted by molar-refractivity contribution is -0.192. The summed E-state index contributed by atoms with van der Waals surface area (Å²) in [6, 6.07) is 7.59. The Morgan fingerprint density at radius 3 is 1.96 bits per heavy atom. The first-order valence-corrected chi connectivity index (χ1v) is 7.75. The normalized spacial score (nSPS) is 11.4. The Kier molecular flexibility index (Phi) is 6.74. The van der Waals surface area contributed by atoms with Gasteiger partial charge in [-0.25, -0.2) is 9.78 Å². The second-order valence-corrected chi connectivity index (χ2v) is 6.31. The van der Waals surface area contributed by atoms with Gasteiger partial charge in [0.25, 0.3) is 0 Å². The molecule has 0 saturated carbocycles. The molecule has 1 amide bonds. The number of aliphatic carboxylic acids is 1. The van der Waals surface area contributed by atoms with Crippen LogP contribution in [0.5, 0.6) is 0 Å². The number of hydrogen-bond donors (Lipinski definition) is 3. The molecule has 0 bridgehead atoms. The van der Waals surface area contributed by atoms with Crippen molar-refractivity contribution < 1.29 is 27.9 Å². The average Bonchev–Trinajstić information content (AvgIpc) is 2.86. The van der Waals surface area contributed by atoms with Crippen molar-refractivity contribution in [3.63, 3.8) is 0 Å². The van der Waals surface area contributed by atoms with Crippen molar-refractivity contribution in [2.24, 2.45) is 5.73 Å². The monoisotopic (exact) mass is 386 g/mol. The number of hydrogen-bond acceptors (Lipinski definition) is 4. The smallest absolute Gasteiger partial charge is 0.475 e. The fourth-order valence-corrected chi connectivity index (χ4v) is 1.76. The van der Waals surface area contributed by atoms with Gasteiger partial charge in [-0.1, -0.05) is 0 Å². The summed E-state index contributed by atoms with van der Waals surface area (Å²) in [5.74, 6) is -2.97. The summed E-state index contributed by atoms with van der Waals surface area (Å²) >= 11 is 0. The molecule has 0 aliphatic rings. The van der Waals surface area contributed by atoms with E-state index >= 15 is 0 Å². The van der Waals surface area contributed by atoms with E-state index in [9.17, 15) is 18.0 Å². The number of benzene rings is 1. The molecular formula is C17H21F3N4O3. The molecule has 0 spiro atoms. The SMILES string of the molecule is Cc1ncn(-c2ccc(NC(=O)C(C)(C)N)cc2)c1C.O=C(O)C(F)(F)F. The second kappa shape index (κ2) is 8.21. The first-order valence-electron chi connectivity index (χ1n) is 7.75. The molecule has 0 aliphatic carbocycles. The molecule has 0 fully saturated rings. The van der Waals surface area contributed by atoms with Gasteiger partial charge in [0, 0.05) is 17.1 Å². The quantitative estimate of drug-likeness (QED) is 0.751. The Hall–Kier alpha value is -2.88. The Morgan fingerprint density at radius 1 is 1.15 bits per heavy atom. The van der Waals surface area contributed by atoms with Crippen LogP contribution in [0.2, 0.25) is 0 Å². The lowest BCUT2D eigenvalue weighted by Crippen LogP contribution is -2.45. The minimum absolute atomic E-state index is 0.208. The van der Waals surface area contributed by atoms with Crippen molar-refractivity contribution in [3.05, 3.63) is 42.0 Å². The van der Waals surface area contributed by atoms with E-state index in [1.54, 1.807) is 20.2 Å². The number of carboxylic acid groups (broad SMARTS) is 1. The summed E-state index contributed by atoms with van der Waals surface area (Å²) < 4.78 is 33.7. The van der Waals surface area contributed by atoms with E-state index in [1.807, 2.05) is 42.7 Å². The molecule has 10 heteroatoms. The van der Waals surface area contributed by atoms with Gasteiger partial charge in [0.2, 0.25) is 5.91 Å².